The third-order valence-electron chi connectivity index (χ3n) is 2.01. The summed E-state index contributed by atoms with van der Waals surface area (Å²) in [4.78, 5) is 11.0. The topological polar surface area (TPSA) is 35.5 Å². The maximum atomic E-state index is 11.0. The molecule has 0 heterocycles. The number of hydrogen-bond acceptors (Lipinski definition) is 3. The van der Waals surface area contributed by atoms with Crippen LogP contribution in [0.5, 0.6) is 0 Å². The van der Waals surface area contributed by atoms with Crippen molar-refractivity contribution in [2.24, 2.45) is 11.8 Å². The van der Waals surface area contributed by atoms with Crippen molar-refractivity contribution < 1.29 is 14.3 Å². The van der Waals surface area contributed by atoms with Crippen LogP contribution in [0, 0.1) is 11.8 Å². The van der Waals surface area contributed by atoms with Crippen molar-refractivity contribution in [3.63, 3.8) is 0 Å². The summed E-state index contributed by atoms with van der Waals surface area (Å²) in [5.41, 5.74) is 0. The van der Waals surface area contributed by atoms with Gasteiger partial charge in [-0.15, -0.1) is 0 Å². The lowest BCUT2D eigenvalue weighted by Gasteiger charge is -2.24. The van der Waals surface area contributed by atoms with Crippen LogP contribution in [0.25, 0.3) is 0 Å². The van der Waals surface area contributed by atoms with E-state index in [0.29, 0.717) is 18.4 Å². The Morgan fingerprint density at radius 3 is 2.00 bits per heavy atom. The van der Waals surface area contributed by atoms with Crippen LogP contribution < -0.4 is 0 Å². The Balaban J connectivity index is 3.88. The summed E-state index contributed by atoms with van der Waals surface area (Å²) in [6.45, 7) is 10.6. The van der Waals surface area contributed by atoms with Crippen molar-refractivity contribution in [2.45, 2.75) is 40.7 Å². The minimum atomic E-state index is -0.279. The molecule has 0 rings (SSSR count). The standard InChI is InChI=1S/C11H22O3/c1-6-13-10(12)7-14-11(8(2)3)9(4)5/h8-9,11H,6-7H2,1-5H3. The number of rotatable bonds is 6. The molecule has 0 bridgehead atoms. The van der Waals surface area contributed by atoms with Crippen LogP contribution in [0.4, 0.5) is 0 Å². The summed E-state index contributed by atoms with van der Waals surface area (Å²) < 4.78 is 10.3. The van der Waals surface area contributed by atoms with E-state index in [1.807, 2.05) is 0 Å². The fourth-order valence-corrected chi connectivity index (χ4v) is 1.52. The van der Waals surface area contributed by atoms with Crippen LogP contribution in [0.1, 0.15) is 34.6 Å². The van der Waals surface area contributed by atoms with Gasteiger partial charge in [-0.2, -0.15) is 0 Å². The van der Waals surface area contributed by atoms with E-state index in [2.05, 4.69) is 27.7 Å². The van der Waals surface area contributed by atoms with Gasteiger partial charge in [0.1, 0.15) is 6.61 Å². The van der Waals surface area contributed by atoms with E-state index < -0.39 is 0 Å². The summed E-state index contributed by atoms with van der Waals surface area (Å²) in [6, 6.07) is 0. The molecule has 3 heteroatoms. The molecule has 14 heavy (non-hydrogen) atoms. The third-order valence-corrected chi connectivity index (χ3v) is 2.01. The summed E-state index contributed by atoms with van der Waals surface area (Å²) in [5, 5.41) is 0. The SMILES string of the molecule is CCOC(=O)COC(C(C)C)C(C)C. The van der Waals surface area contributed by atoms with Crippen LogP contribution in [0.2, 0.25) is 0 Å². The molecule has 0 spiro atoms. The monoisotopic (exact) mass is 202 g/mol. The Labute approximate surface area is 86.8 Å². The first-order valence-electron chi connectivity index (χ1n) is 5.26. The average Bonchev–Trinajstić information content (AvgIpc) is 2.03. The molecule has 0 fully saturated rings. The molecular formula is C11H22O3. The maximum Gasteiger partial charge on any atom is 0.332 e. The zero-order valence-corrected chi connectivity index (χ0v) is 9.87. The van der Waals surface area contributed by atoms with Crippen LogP contribution in [0.3, 0.4) is 0 Å². The number of esters is 1. The van der Waals surface area contributed by atoms with Crippen molar-refractivity contribution in [2.75, 3.05) is 13.2 Å². The van der Waals surface area contributed by atoms with Gasteiger partial charge in [0.05, 0.1) is 12.7 Å². The molecule has 0 aromatic carbocycles. The van der Waals surface area contributed by atoms with E-state index in [1.54, 1.807) is 6.92 Å². The van der Waals surface area contributed by atoms with Gasteiger partial charge in [-0.25, -0.2) is 4.79 Å². The van der Waals surface area contributed by atoms with E-state index in [9.17, 15) is 4.79 Å². The second-order valence-electron chi connectivity index (χ2n) is 4.07. The fourth-order valence-electron chi connectivity index (χ4n) is 1.52. The highest BCUT2D eigenvalue weighted by atomic mass is 16.6. The van der Waals surface area contributed by atoms with Crippen molar-refractivity contribution in [1.29, 1.82) is 0 Å². The van der Waals surface area contributed by atoms with E-state index >= 15 is 0 Å². The number of ether oxygens (including phenoxy) is 2. The molecule has 0 saturated heterocycles. The lowest BCUT2D eigenvalue weighted by atomic mass is 9.96. The van der Waals surface area contributed by atoms with E-state index in [-0.39, 0.29) is 18.7 Å². The molecule has 0 radical (unpaired) electrons. The van der Waals surface area contributed by atoms with Gasteiger partial charge in [0.25, 0.3) is 0 Å². The number of carbonyl (C=O) groups excluding carboxylic acids is 1. The maximum absolute atomic E-state index is 11.0. The largest absolute Gasteiger partial charge is 0.464 e. The van der Waals surface area contributed by atoms with Crippen molar-refractivity contribution in [3.8, 4) is 0 Å². The zero-order chi connectivity index (χ0) is 11.1. The highest BCUT2D eigenvalue weighted by Crippen LogP contribution is 2.15. The normalized spacial score (nSPS) is 11.4. The Kier molecular flexibility index (Phi) is 6.54. The van der Waals surface area contributed by atoms with Crippen LogP contribution in [-0.4, -0.2) is 25.3 Å². The van der Waals surface area contributed by atoms with Gasteiger partial charge in [0.2, 0.25) is 0 Å². The summed E-state index contributed by atoms with van der Waals surface area (Å²) in [5.74, 6) is 0.563. The fraction of sp³-hybridized carbons (Fsp3) is 0.909. The third kappa shape index (κ3) is 5.22. The van der Waals surface area contributed by atoms with Gasteiger partial charge in [0, 0.05) is 0 Å². The lowest BCUT2D eigenvalue weighted by Crippen LogP contribution is -2.29. The molecule has 0 N–H and O–H groups in total. The van der Waals surface area contributed by atoms with Crippen molar-refractivity contribution >= 4 is 5.97 Å². The predicted octanol–water partition coefficient (Wildman–Crippen LogP) is 2.25. The second-order valence-corrected chi connectivity index (χ2v) is 4.07. The molecule has 0 aromatic rings. The number of hydrogen-bond donors (Lipinski definition) is 0. The van der Waals surface area contributed by atoms with Gasteiger partial charge in [-0.05, 0) is 18.8 Å². The number of carbonyl (C=O) groups is 1. The van der Waals surface area contributed by atoms with Gasteiger partial charge < -0.3 is 9.47 Å². The molecule has 0 aliphatic rings. The van der Waals surface area contributed by atoms with Crippen molar-refractivity contribution in [3.05, 3.63) is 0 Å². The minimum absolute atomic E-state index is 0.0644. The Morgan fingerprint density at radius 2 is 1.64 bits per heavy atom. The first kappa shape index (κ1) is 13.4. The Bertz CT molecular complexity index is 156. The first-order chi connectivity index (χ1) is 6.49. The summed E-state index contributed by atoms with van der Waals surface area (Å²) in [7, 11) is 0. The highest BCUT2D eigenvalue weighted by Gasteiger charge is 2.19. The molecule has 0 atom stereocenters. The minimum Gasteiger partial charge on any atom is -0.464 e. The lowest BCUT2D eigenvalue weighted by molar-refractivity contribution is -0.152. The van der Waals surface area contributed by atoms with Gasteiger partial charge in [0.15, 0.2) is 0 Å². The molecule has 0 saturated carbocycles. The van der Waals surface area contributed by atoms with E-state index in [1.165, 1.54) is 0 Å². The summed E-state index contributed by atoms with van der Waals surface area (Å²) >= 11 is 0. The Hall–Kier alpha value is -0.570. The molecule has 0 amide bonds. The second kappa shape index (κ2) is 6.82. The first-order valence-corrected chi connectivity index (χ1v) is 5.26. The molecule has 3 nitrogen and oxygen atoms in total. The molecular weight excluding hydrogens is 180 g/mol. The van der Waals surface area contributed by atoms with Crippen LogP contribution in [0.15, 0.2) is 0 Å². The smallest absolute Gasteiger partial charge is 0.332 e. The van der Waals surface area contributed by atoms with E-state index in [4.69, 9.17) is 9.47 Å². The predicted molar refractivity (Wildman–Crippen MR) is 56.0 cm³/mol. The average molecular weight is 202 g/mol. The molecule has 84 valence electrons. The van der Waals surface area contributed by atoms with E-state index in [0.717, 1.165) is 0 Å². The molecule has 0 unspecified atom stereocenters. The van der Waals surface area contributed by atoms with Crippen LogP contribution >= 0.6 is 0 Å². The van der Waals surface area contributed by atoms with Crippen molar-refractivity contribution in [1.82, 2.24) is 0 Å². The highest BCUT2D eigenvalue weighted by molar-refractivity contribution is 5.70. The van der Waals surface area contributed by atoms with Gasteiger partial charge in [-0.3, -0.25) is 0 Å². The molecule has 0 aliphatic carbocycles. The quantitative estimate of drug-likeness (QED) is 0.620. The molecule has 0 aromatic heterocycles. The summed E-state index contributed by atoms with van der Waals surface area (Å²) in [6.07, 6.45) is 0.124. The van der Waals surface area contributed by atoms with Gasteiger partial charge in [-0.1, -0.05) is 27.7 Å². The Morgan fingerprint density at radius 1 is 1.14 bits per heavy atom. The zero-order valence-electron chi connectivity index (χ0n) is 9.87. The van der Waals surface area contributed by atoms with Crippen LogP contribution in [-0.2, 0) is 14.3 Å². The molecule has 0 aliphatic heterocycles. The van der Waals surface area contributed by atoms with Gasteiger partial charge >= 0.3 is 5.97 Å².